The molecule has 1 aliphatic carbocycles. The molecule has 3 N–H and O–H groups in total. The standard InChI is InChI=1S/C21H23N5O2/c1-12(2)28-18-6-3-13(11-23-18)19-15-9-14(4-5-16(15)25-26-19)24-20(27)21-7-8-22-17(21)10-21/h3-6,9,11-12,17,22H,7-8,10H2,1-2H3,(H,24,27)(H,25,26)/t17?,21-/m0/s1. The number of benzene rings is 1. The highest BCUT2D eigenvalue weighted by molar-refractivity contribution is 6.01. The summed E-state index contributed by atoms with van der Waals surface area (Å²) in [5.74, 6) is 0.707. The van der Waals surface area contributed by atoms with Crippen molar-refractivity contribution in [1.82, 2.24) is 20.5 Å². The topological polar surface area (TPSA) is 91.9 Å². The van der Waals surface area contributed by atoms with E-state index in [1.807, 2.05) is 44.2 Å². The lowest BCUT2D eigenvalue weighted by molar-refractivity contribution is -0.121. The Hall–Kier alpha value is -2.93. The summed E-state index contributed by atoms with van der Waals surface area (Å²) in [5.41, 5.74) is 3.20. The average Bonchev–Trinajstić information content (AvgIpc) is 3.03. The summed E-state index contributed by atoms with van der Waals surface area (Å²) in [4.78, 5) is 17.1. The summed E-state index contributed by atoms with van der Waals surface area (Å²) in [7, 11) is 0. The molecule has 1 aliphatic heterocycles. The first kappa shape index (κ1) is 17.2. The second-order valence-electron chi connectivity index (χ2n) is 7.96. The molecule has 5 rings (SSSR count). The summed E-state index contributed by atoms with van der Waals surface area (Å²) >= 11 is 0. The highest BCUT2D eigenvalue weighted by Gasteiger charge is 2.62. The van der Waals surface area contributed by atoms with Gasteiger partial charge in [0.15, 0.2) is 0 Å². The first-order valence-corrected chi connectivity index (χ1v) is 9.71. The predicted octanol–water partition coefficient (Wildman–Crippen LogP) is 3.10. The monoisotopic (exact) mass is 377 g/mol. The normalized spacial score (nSPS) is 23.0. The minimum Gasteiger partial charge on any atom is -0.475 e. The number of aromatic amines is 1. The molecular weight excluding hydrogens is 354 g/mol. The molecule has 0 bridgehead atoms. The molecule has 2 fully saturated rings. The maximum atomic E-state index is 12.7. The van der Waals surface area contributed by atoms with E-state index in [4.69, 9.17) is 4.74 Å². The van der Waals surface area contributed by atoms with Gasteiger partial charge in [0.25, 0.3) is 0 Å². The van der Waals surface area contributed by atoms with Crippen LogP contribution in [0, 0.1) is 5.41 Å². The van der Waals surface area contributed by atoms with Gasteiger partial charge in [0.2, 0.25) is 11.8 Å². The molecule has 144 valence electrons. The van der Waals surface area contributed by atoms with Gasteiger partial charge >= 0.3 is 0 Å². The Bertz CT molecular complexity index is 1040. The highest BCUT2D eigenvalue weighted by atomic mass is 16.5. The Kier molecular flexibility index (Phi) is 3.87. The number of fused-ring (bicyclic) bond motifs is 2. The van der Waals surface area contributed by atoms with Gasteiger partial charge in [-0.3, -0.25) is 9.89 Å². The van der Waals surface area contributed by atoms with Crippen LogP contribution in [0.15, 0.2) is 36.5 Å². The molecule has 2 atom stereocenters. The first-order valence-electron chi connectivity index (χ1n) is 9.71. The van der Waals surface area contributed by atoms with Crippen molar-refractivity contribution in [3.8, 4) is 17.1 Å². The molecule has 2 aliphatic rings. The lowest BCUT2D eigenvalue weighted by Gasteiger charge is -2.12. The van der Waals surface area contributed by atoms with Gasteiger partial charge in [-0.1, -0.05) is 0 Å². The van der Waals surface area contributed by atoms with Crippen LogP contribution in [-0.2, 0) is 4.79 Å². The number of hydrogen-bond donors (Lipinski definition) is 3. The van der Waals surface area contributed by atoms with Crippen LogP contribution in [0.2, 0.25) is 0 Å². The van der Waals surface area contributed by atoms with Crippen LogP contribution in [0.5, 0.6) is 5.88 Å². The maximum absolute atomic E-state index is 12.7. The summed E-state index contributed by atoms with van der Waals surface area (Å²) in [5, 5.41) is 14.9. The van der Waals surface area contributed by atoms with Crippen LogP contribution >= 0.6 is 0 Å². The Balaban J connectivity index is 1.41. The molecular formula is C21H23N5O2. The third-order valence-corrected chi connectivity index (χ3v) is 5.68. The molecule has 0 radical (unpaired) electrons. The largest absolute Gasteiger partial charge is 0.475 e. The van der Waals surface area contributed by atoms with Crippen molar-refractivity contribution >= 4 is 22.5 Å². The predicted molar refractivity (Wildman–Crippen MR) is 107 cm³/mol. The molecule has 2 aromatic heterocycles. The van der Waals surface area contributed by atoms with Crippen molar-refractivity contribution in [2.45, 2.75) is 38.8 Å². The van der Waals surface area contributed by atoms with Crippen LogP contribution in [-0.4, -0.2) is 39.8 Å². The van der Waals surface area contributed by atoms with Crippen molar-refractivity contribution < 1.29 is 9.53 Å². The van der Waals surface area contributed by atoms with Gasteiger partial charge in [0.1, 0.15) is 5.69 Å². The molecule has 3 heterocycles. The quantitative estimate of drug-likeness (QED) is 0.635. The first-order chi connectivity index (χ1) is 13.5. The number of H-pyrrole nitrogens is 1. The SMILES string of the molecule is CC(C)Oc1ccc(-c2n[nH]c3ccc(NC(=O)[C@]45CCNC4C5)cc23)cn1. The Labute approximate surface area is 162 Å². The van der Waals surface area contributed by atoms with Crippen LogP contribution in [0.1, 0.15) is 26.7 Å². The lowest BCUT2D eigenvalue weighted by Crippen LogP contribution is -2.25. The van der Waals surface area contributed by atoms with E-state index in [0.717, 1.165) is 47.2 Å². The molecule has 0 spiro atoms. The van der Waals surface area contributed by atoms with Crippen LogP contribution in [0.3, 0.4) is 0 Å². The van der Waals surface area contributed by atoms with E-state index in [9.17, 15) is 4.79 Å². The maximum Gasteiger partial charge on any atom is 0.232 e. The Morgan fingerprint density at radius 3 is 2.89 bits per heavy atom. The van der Waals surface area contributed by atoms with Gasteiger partial charge in [-0.2, -0.15) is 5.10 Å². The number of pyridine rings is 1. The zero-order valence-corrected chi connectivity index (χ0v) is 16.0. The van der Waals surface area contributed by atoms with E-state index in [0.29, 0.717) is 11.9 Å². The number of aromatic nitrogens is 3. The molecule has 1 unspecified atom stereocenters. The third kappa shape index (κ3) is 2.82. The van der Waals surface area contributed by atoms with Crippen LogP contribution in [0.4, 0.5) is 5.69 Å². The number of nitrogens with zero attached hydrogens (tertiary/aromatic N) is 2. The van der Waals surface area contributed by atoms with Crippen molar-refractivity contribution in [3.63, 3.8) is 0 Å². The van der Waals surface area contributed by atoms with Crippen molar-refractivity contribution in [2.75, 3.05) is 11.9 Å². The van der Waals surface area contributed by atoms with Crippen molar-refractivity contribution in [2.24, 2.45) is 5.41 Å². The summed E-state index contributed by atoms with van der Waals surface area (Å²) < 4.78 is 5.61. The average molecular weight is 377 g/mol. The number of amides is 1. The van der Waals surface area contributed by atoms with Crippen molar-refractivity contribution in [1.29, 1.82) is 0 Å². The van der Waals surface area contributed by atoms with Crippen LogP contribution in [0.25, 0.3) is 22.2 Å². The number of carbonyl (C=O) groups excluding carboxylic acids is 1. The number of nitrogens with one attached hydrogen (secondary N) is 3. The number of rotatable bonds is 5. The molecule has 1 aromatic carbocycles. The molecule has 3 aromatic rings. The zero-order chi connectivity index (χ0) is 19.3. The summed E-state index contributed by atoms with van der Waals surface area (Å²) in [6.45, 7) is 4.86. The summed E-state index contributed by atoms with van der Waals surface area (Å²) in [6, 6.07) is 9.97. The van der Waals surface area contributed by atoms with Gasteiger partial charge in [-0.25, -0.2) is 4.98 Å². The van der Waals surface area contributed by atoms with Gasteiger partial charge in [-0.05, 0) is 57.5 Å². The minimum absolute atomic E-state index is 0.0799. The van der Waals surface area contributed by atoms with E-state index >= 15 is 0 Å². The Morgan fingerprint density at radius 1 is 1.32 bits per heavy atom. The molecule has 28 heavy (non-hydrogen) atoms. The zero-order valence-electron chi connectivity index (χ0n) is 16.0. The lowest BCUT2D eigenvalue weighted by atomic mass is 10.0. The molecule has 7 heteroatoms. The van der Waals surface area contributed by atoms with E-state index < -0.39 is 0 Å². The van der Waals surface area contributed by atoms with E-state index in [1.54, 1.807) is 6.20 Å². The van der Waals surface area contributed by atoms with Crippen LogP contribution < -0.4 is 15.4 Å². The fourth-order valence-corrected chi connectivity index (χ4v) is 4.08. The fraction of sp³-hybridized carbons (Fsp3) is 0.381. The van der Waals surface area contributed by atoms with E-state index in [-0.39, 0.29) is 17.4 Å². The molecule has 1 saturated heterocycles. The second kappa shape index (κ2) is 6.31. The number of anilines is 1. The number of ether oxygens (including phenoxy) is 1. The molecule has 1 saturated carbocycles. The fourth-order valence-electron chi connectivity index (χ4n) is 4.08. The summed E-state index contributed by atoms with van der Waals surface area (Å²) in [6.07, 6.45) is 3.70. The molecule has 1 amide bonds. The van der Waals surface area contributed by atoms with Gasteiger partial charge in [0.05, 0.1) is 17.0 Å². The minimum atomic E-state index is -0.204. The third-order valence-electron chi connectivity index (χ3n) is 5.68. The van der Waals surface area contributed by atoms with Gasteiger partial charge in [-0.15, -0.1) is 0 Å². The molecule has 7 nitrogen and oxygen atoms in total. The van der Waals surface area contributed by atoms with Crippen molar-refractivity contribution in [3.05, 3.63) is 36.5 Å². The number of carbonyl (C=O) groups is 1. The number of hydrogen-bond acceptors (Lipinski definition) is 5. The second-order valence-corrected chi connectivity index (χ2v) is 7.96. The highest BCUT2D eigenvalue weighted by Crippen LogP contribution is 2.53. The smallest absolute Gasteiger partial charge is 0.232 e. The van der Waals surface area contributed by atoms with Gasteiger partial charge in [0, 0.05) is 34.9 Å². The Morgan fingerprint density at radius 2 is 2.21 bits per heavy atom. The van der Waals surface area contributed by atoms with E-state index in [1.165, 1.54) is 0 Å². The number of piperidine rings is 1. The van der Waals surface area contributed by atoms with E-state index in [2.05, 4.69) is 25.8 Å². The van der Waals surface area contributed by atoms with Gasteiger partial charge < -0.3 is 15.4 Å².